The molecule has 1 aliphatic heterocycles. The lowest BCUT2D eigenvalue weighted by Crippen LogP contribution is -2.41. The van der Waals surface area contributed by atoms with Crippen LogP contribution in [-0.2, 0) is 6.54 Å². The Bertz CT molecular complexity index is 692. The molecule has 0 amide bonds. The number of aliphatic hydroxyl groups excluding tert-OH is 1. The van der Waals surface area contributed by atoms with E-state index in [-0.39, 0.29) is 36.5 Å². The van der Waals surface area contributed by atoms with Crippen molar-refractivity contribution in [3.8, 4) is 0 Å². The van der Waals surface area contributed by atoms with E-state index >= 15 is 0 Å². The fourth-order valence-electron chi connectivity index (χ4n) is 2.98. The number of Topliss-reactive ketones (excluding diaryl/α,β-unsaturated/α-hetero) is 1. The van der Waals surface area contributed by atoms with E-state index in [1.807, 2.05) is 18.7 Å². The molecule has 1 aromatic rings. The number of aliphatic hydroxyl groups is 1. The largest absolute Gasteiger partial charge is 0.395 e. The molecule has 0 saturated carbocycles. The Labute approximate surface area is 133 Å². The summed E-state index contributed by atoms with van der Waals surface area (Å²) in [6.45, 7) is 4.83. The number of H-pyrrole nitrogens is 1. The van der Waals surface area contributed by atoms with E-state index in [9.17, 15) is 19.5 Å². The van der Waals surface area contributed by atoms with Crippen molar-refractivity contribution in [2.75, 3.05) is 25.4 Å². The summed E-state index contributed by atoms with van der Waals surface area (Å²) < 4.78 is 1.23. The molecular formula is C15H24N4O4. The van der Waals surface area contributed by atoms with Crippen LogP contribution in [0.25, 0.3) is 0 Å². The zero-order valence-corrected chi connectivity index (χ0v) is 13.5. The number of anilines is 1. The number of nitrogens with two attached hydrogens (primary N) is 1. The molecule has 2 heterocycles. The highest BCUT2D eigenvalue weighted by Gasteiger charge is 2.28. The van der Waals surface area contributed by atoms with Crippen LogP contribution >= 0.6 is 0 Å². The molecule has 0 radical (unpaired) electrons. The zero-order chi connectivity index (χ0) is 17.1. The Kier molecular flexibility index (Phi) is 5.38. The summed E-state index contributed by atoms with van der Waals surface area (Å²) in [5.41, 5.74) is 4.40. The number of nitrogens with one attached hydrogen (secondary N) is 1. The van der Waals surface area contributed by atoms with E-state index < -0.39 is 17.0 Å². The number of aromatic nitrogens is 2. The fourth-order valence-corrected chi connectivity index (χ4v) is 2.98. The molecule has 0 aliphatic carbocycles. The molecule has 1 fully saturated rings. The van der Waals surface area contributed by atoms with Gasteiger partial charge < -0.3 is 10.8 Å². The molecule has 0 unspecified atom stereocenters. The van der Waals surface area contributed by atoms with Crippen molar-refractivity contribution in [1.82, 2.24) is 14.5 Å². The Morgan fingerprint density at radius 3 is 2.74 bits per heavy atom. The van der Waals surface area contributed by atoms with Crippen molar-refractivity contribution in [2.24, 2.45) is 5.92 Å². The maximum absolute atomic E-state index is 12.5. The number of carbonyl (C=O) groups is 1. The van der Waals surface area contributed by atoms with Crippen LogP contribution in [-0.4, -0.2) is 51.1 Å². The minimum atomic E-state index is -0.753. The molecule has 0 aromatic carbocycles. The molecule has 0 spiro atoms. The highest BCUT2D eigenvalue weighted by atomic mass is 16.3. The smallest absolute Gasteiger partial charge is 0.329 e. The Morgan fingerprint density at radius 1 is 1.43 bits per heavy atom. The van der Waals surface area contributed by atoms with Gasteiger partial charge in [0.05, 0.1) is 13.2 Å². The Hall–Kier alpha value is -1.93. The SMILES string of the molecule is CC(C)Cn1c(N)c(C(=O)CN2CCC[C@H]2CO)c(=O)[nH]c1=O. The number of hydrogen-bond acceptors (Lipinski definition) is 6. The number of ketones is 1. The maximum Gasteiger partial charge on any atom is 0.329 e. The number of carbonyl (C=O) groups excluding carboxylic acids is 1. The topological polar surface area (TPSA) is 121 Å². The van der Waals surface area contributed by atoms with Gasteiger partial charge in [-0.2, -0.15) is 0 Å². The van der Waals surface area contributed by atoms with Crippen molar-refractivity contribution in [3.05, 3.63) is 26.4 Å². The summed E-state index contributed by atoms with van der Waals surface area (Å²) in [4.78, 5) is 40.4. The van der Waals surface area contributed by atoms with Crippen LogP contribution in [0, 0.1) is 5.92 Å². The second-order valence-corrected chi connectivity index (χ2v) is 6.40. The number of hydrogen-bond donors (Lipinski definition) is 3. The minimum absolute atomic E-state index is 0.0123. The minimum Gasteiger partial charge on any atom is -0.395 e. The van der Waals surface area contributed by atoms with Gasteiger partial charge in [0.2, 0.25) is 0 Å². The molecule has 2 rings (SSSR count). The second-order valence-electron chi connectivity index (χ2n) is 6.40. The third-order valence-corrected chi connectivity index (χ3v) is 4.12. The van der Waals surface area contributed by atoms with Crippen molar-refractivity contribution < 1.29 is 9.90 Å². The molecule has 1 saturated heterocycles. The van der Waals surface area contributed by atoms with Crippen LogP contribution in [0.1, 0.15) is 37.0 Å². The average Bonchev–Trinajstić information content (AvgIpc) is 2.90. The molecule has 8 heteroatoms. The van der Waals surface area contributed by atoms with Gasteiger partial charge >= 0.3 is 5.69 Å². The summed E-state index contributed by atoms with van der Waals surface area (Å²) in [7, 11) is 0. The Morgan fingerprint density at radius 2 is 2.13 bits per heavy atom. The van der Waals surface area contributed by atoms with Crippen LogP contribution in [0.2, 0.25) is 0 Å². The lowest BCUT2D eigenvalue weighted by molar-refractivity contribution is 0.0886. The lowest BCUT2D eigenvalue weighted by atomic mass is 10.1. The zero-order valence-electron chi connectivity index (χ0n) is 13.5. The molecule has 23 heavy (non-hydrogen) atoms. The molecule has 1 atom stereocenters. The van der Waals surface area contributed by atoms with Gasteiger partial charge in [-0.25, -0.2) is 4.79 Å². The first-order valence-electron chi connectivity index (χ1n) is 7.85. The third-order valence-electron chi connectivity index (χ3n) is 4.12. The van der Waals surface area contributed by atoms with E-state index in [1.165, 1.54) is 4.57 Å². The van der Waals surface area contributed by atoms with E-state index in [0.717, 1.165) is 12.8 Å². The summed E-state index contributed by atoms with van der Waals surface area (Å²) in [5, 5.41) is 9.32. The maximum atomic E-state index is 12.5. The van der Waals surface area contributed by atoms with E-state index in [1.54, 1.807) is 0 Å². The van der Waals surface area contributed by atoms with Gasteiger partial charge in [-0.15, -0.1) is 0 Å². The van der Waals surface area contributed by atoms with E-state index in [4.69, 9.17) is 5.73 Å². The summed E-state index contributed by atoms with van der Waals surface area (Å²) in [6, 6.07) is -0.0687. The van der Waals surface area contributed by atoms with Crippen molar-refractivity contribution in [1.29, 1.82) is 0 Å². The molecular weight excluding hydrogens is 300 g/mol. The van der Waals surface area contributed by atoms with Crippen LogP contribution < -0.4 is 17.0 Å². The predicted molar refractivity (Wildman–Crippen MR) is 86.6 cm³/mol. The molecule has 128 valence electrons. The number of nitrogen functional groups attached to an aromatic ring is 1. The Balaban J connectivity index is 2.33. The van der Waals surface area contributed by atoms with Crippen molar-refractivity contribution in [3.63, 3.8) is 0 Å². The number of aromatic amines is 1. The highest BCUT2D eigenvalue weighted by Crippen LogP contribution is 2.17. The highest BCUT2D eigenvalue weighted by molar-refractivity contribution is 6.01. The van der Waals surface area contributed by atoms with E-state index in [2.05, 4.69) is 4.98 Å². The first kappa shape index (κ1) is 17.4. The average molecular weight is 324 g/mol. The normalized spacial score (nSPS) is 18.7. The monoisotopic (exact) mass is 324 g/mol. The van der Waals surface area contributed by atoms with Crippen LogP contribution in [0.3, 0.4) is 0 Å². The summed E-state index contributed by atoms with van der Waals surface area (Å²) >= 11 is 0. The fraction of sp³-hybridized carbons (Fsp3) is 0.667. The summed E-state index contributed by atoms with van der Waals surface area (Å²) in [6.07, 6.45) is 1.72. The van der Waals surface area contributed by atoms with Crippen molar-refractivity contribution >= 4 is 11.6 Å². The molecule has 4 N–H and O–H groups in total. The first-order valence-corrected chi connectivity index (χ1v) is 7.85. The molecule has 8 nitrogen and oxygen atoms in total. The number of rotatable bonds is 6. The number of nitrogens with zero attached hydrogens (tertiary/aromatic N) is 2. The quantitative estimate of drug-likeness (QED) is 0.602. The van der Waals surface area contributed by atoms with Crippen LogP contribution in [0.5, 0.6) is 0 Å². The predicted octanol–water partition coefficient (Wildman–Crippen LogP) is -0.586. The number of likely N-dealkylation sites (tertiary alicyclic amines) is 1. The van der Waals surface area contributed by atoms with Crippen molar-refractivity contribution in [2.45, 2.75) is 39.3 Å². The lowest BCUT2D eigenvalue weighted by Gasteiger charge is -2.22. The summed E-state index contributed by atoms with van der Waals surface area (Å²) in [5.74, 6) is -0.375. The van der Waals surface area contributed by atoms with Gasteiger partial charge in [0.1, 0.15) is 11.4 Å². The van der Waals surface area contributed by atoms with E-state index in [0.29, 0.717) is 13.1 Å². The third kappa shape index (κ3) is 3.70. The molecule has 1 aromatic heterocycles. The molecule has 1 aliphatic rings. The van der Waals surface area contributed by atoms with Gasteiger partial charge in [-0.05, 0) is 25.3 Å². The molecule has 0 bridgehead atoms. The van der Waals surface area contributed by atoms with Gasteiger partial charge in [-0.1, -0.05) is 13.8 Å². The van der Waals surface area contributed by atoms with Crippen LogP contribution in [0.4, 0.5) is 5.82 Å². The van der Waals surface area contributed by atoms with Crippen LogP contribution in [0.15, 0.2) is 9.59 Å². The van der Waals surface area contributed by atoms with Gasteiger partial charge in [-0.3, -0.25) is 24.0 Å². The van der Waals surface area contributed by atoms with Gasteiger partial charge in [0.15, 0.2) is 5.78 Å². The standard InChI is InChI=1S/C15H24N4O4/c1-9(2)6-19-13(16)12(14(22)17-15(19)23)11(21)7-18-5-3-4-10(18)8-20/h9-10,20H,3-8,16H2,1-2H3,(H,17,22,23)/t10-/m0/s1. The second kappa shape index (κ2) is 7.10. The van der Waals surface area contributed by atoms with Gasteiger partial charge in [0, 0.05) is 12.6 Å². The van der Waals surface area contributed by atoms with Gasteiger partial charge in [0.25, 0.3) is 5.56 Å². The first-order chi connectivity index (χ1) is 10.8.